The Morgan fingerprint density at radius 1 is 0.750 bits per heavy atom. The second kappa shape index (κ2) is 11.4. The highest BCUT2D eigenvalue weighted by atomic mass is 16.5. The lowest BCUT2D eigenvalue weighted by atomic mass is 10.1. The van der Waals surface area contributed by atoms with E-state index in [4.69, 9.17) is 9.73 Å². The Kier molecular flexibility index (Phi) is 8.86. The molecule has 0 spiro atoms. The minimum absolute atomic E-state index is 0.801. The van der Waals surface area contributed by atoms with Crippen molar-refractivity contribution < 1.29 is 4.74 Å². The third kappa shape index (κ3) is 6.91. The molecule has 0 unspecified atom stereocenters. The summed E-state index contributed by atoms with van der Waals surface area (Å²) in [6.45, 7) is 3.04. The molecule has 0 atom stereocenters. The van der Waals surface area contributed by atoms with Crippen molar-refractivity contribution in [1.29, 1.82) is 0 Å². The van der Waals surface area contributed by atoms with Crippen LogP contribution >= 0.6 is 0 Å². The number of unbranched alkanes of at least 4 members (excludes halogenated alkanes) is 4. The van der Waals surface area contributed by atoms with Crippen molar-refractivity contribution in [2.75, 3.05) is 34.8 Å². The Labute approximate surface area is 170 Å². The van der Waals surface area contributed by atoms with Crippen LogP contribution < -0.4 is 4.74 Å². The first kappa shape index (κ1) is 21.8. The van der Waals surface area contributed by atoms with E-state index in [1.165, 1.54) is 36.8 Å². The number of nitrogens with zero attached hydrogens (tertiary/aromatic N) is 3. The van der Waals surface area contributed by atoms with Gasteiger partial charge in [0.05, 0.1) is 12.3 Å². The summed E-state index contributed by atoms with van der Waals surface area (Å²) in [6.07, 6.45) is 6.30. The highest BCUT2D eigenvalue weighted by molar-refractivity contribution is 5.82. The molecule has 2 rings (SSSR count). The lowest BCUT2D eigenvalue weighted by Gasteiger charge is -2.22. The van der Waals surface area contributed by atoms with E-state index in [0.717, 1.165) is 30.4 Å². The number of hydrogen-bond acceptors (Lipinski definition) is 2. The molecule has 0 radical (unpaired) electrons. The molecule has 2 aromatic carbocycles. The molecule has 0 amide bonds. The Hall–Kier alpha value is -2.49. The van der Waals surface area contributed by atoms with E-state index in [2.05, 4.69) is 55.5 Å². The summed E-state index contributed by atoms with van der Waals surface area (Å²) >= 11 is 0. The normalized spacial score (nSPS) is 10.5. The van der Waals surface area contributed by atoms with Gasteiger partial charge in [-0.05, 0) is 41.8 Å². The number of hydrogen-bond donors (Lipinski definition) is 0. The van der Waals surface area contributed by atoms with Crippen molar-refractivity contribution in [3.8, 4) is 16.9 Å². The molecule has 0 aliphatic heterocycles. The molecule has 0 fully saturated rings. The van der Waals surface area contributed by atoms with Gasteiger partial charge in [-0.1, -0.05) is 56.9 Å². The zero-order chi connectivity index (χ0) is 20.4. The molecule has 0 N–H and O–H groups in total. The first-order valence-corrected chi connectivity index (χ1v) is 10.3. The highest BCUT2D eigenvalue weighted by Crippen LogP contribution is 2.25. The maximum Gasteiger partial charge on any atom is 0.200 e. The first-order valence-electron chi connectivity index (χ1n) is 10.3. The van der Waals surface area contributed by atoms with Gasteiger partial charge in [0.25, 0.3) is 0 Å². The van der Waals surface area contributed by atoms with Crippen molar-refractivity contribution in [2.24, 2.45) is 4.99 Å². The summed E-state index contributed by atoms with van der Waals surface area (Å²) in [5.74, 6) is 1.87. The van der Waals surface area contributed by atoms with Gasteiger partial charge >= 0.3 is 0 Å². The zero-order valence-electron chi connectivity index (χ0n) is 18.1. The molecule has 0 aromatic heterocycles. The molecular formula is C24H35N3O. The molecular weight excluding hydrogens is 346 g/mol. The largest absolute Gasteiger partial charge is 0.494 e. The quantitative estimate of drug-likeness (QED) is 0.311. The minimum atomic E-state index is 0.801. The molecule has 4 nitrogen and oxygen atoms in total. The SMILES string of the molecule is CCCCCCCOc1ccc(-c2ccc(N=C(N(C)C)N(C)C)cc2)cc1. The van der Waals surface area contributed by atoms with Gasteiger partial charge < -0.3 is 14.5 Å². The lowest BCUT2D eigenvalue weighted by molar-refractivity contribution is 0.304. The van der Waals surface area contributed by atoms with Crippen molar-refractivity contribution >= 4 is 11.6 Å². The molecule has 4 heteroatoms. The summed E-state index contributed by atoms with van der Waals surface area (Å²) in [6, 6.07) is 16.7. The fraction of sp³-hybridized carbons (Fsp3) is 0.458. The van der Waals surface area contributed by atoms with Crippen LogP contribution in [0.2, 0.25) is 0 Å². The van der Waals surface area contributed by atoms with Crippen molar-refractivity contribution in [1.82, 2.24) is 9.80 Å². The van der Waals surface area contributed by atoms with Crippen LogP contribution in [0.25, 0.3) is 11.1 Å². The fourth-order valence-corrected chi connectivity index (χ4v) is 3.08. The zero-order valence-corrected chi connectivity index (χ0v) is 18.1. The third-order valence-corrected chi connectivity index (χ3v) is 4.60. The van der Waals surface area contributed by atoms with Gasteiger partial charge in [-0.3, -0.25) is 0 Å². The van der Waals surface area contributed by atoms with Gasteiger partial charge in [-0.2, -0.15) is 0 Å². The number of benzene rings is 2. The van der Waals surface area contributed by atoms with E-state index in [1.54, 1.807) is 0 Å². The molecule has 0 saturated carbocycles. The van der Waals surface area contributed by atoms with Crippen molar-refractivity contribution in [2.45, 2.75) is 39.0 Å². The number of guanidine groups is 1. The van der Waals surface area contributed by atoms with E-state index in [9.17, 15) is 0 Å². The maximum absolute atomic E-state index is 5.86. The number of ether oxygens (including phenoxy) is 1. The van der Waals surface area contributed by atoms with E-state index >= 15 is 0 Å². The smallest absolute Gasteiger partial charge is 0.200 e. The molecule has 0 heterocycles. The number of aliphatic imine (C=N–C) groups is 1. The van der Waals surface area contributed by atoms with Crippen LogP contribution in [0.4, 0.5) is 5.69 Å². The summed E-state index contributed by atoms with van der Waals surface area (Å²) in [4.78, 5) is 8.74. The molecule has 0 bridgehead atoms. The Bertz CT molecular complexity index is 709. The summed E-state index contributed by atoms with van der Waals surface area (Å²) in [5, 5.41) is 0. The van der Waals surface area contributed by atoms with Crippen LogP contribution in [-0.2, 0) is 0 Å². The third-order valence-electron chi connectivity index (χ3n) is 4.60. The van der Waals surface area contributed by atoms with Crippen molar-refractivity contribution in [3.05, 3.63) is 48.5 Å². The second-order valence-corrected chi connectivity index (χ2v) is 7.53. The Morgan fingerprint density at radius 2 is 1.29 bits per heavy atom. The topological polar surface area (TPSA) is 28.1 Å². The average Bonchev–Trinajstić information content (AvgIpc) is 2.69. The van der Waals surface area contributed by atoms with E-state index < -0.39 is 0 Å². The van der Waals surface area contributed by atoms with Crippen LogP contribution in [0.5, 0.6) is 5.75 Å². The first-order chi connectivity index (χ1) is 13.5. The molecule has 152 valence electrons. The molecule has 2 aromatic rings. The molecule has 0 aliphatic rings. The average molecular weight is 382 g/mol. The predicted molar refractivity (Wildman–Crippen MR) is 121 cm³/mol. The summed E-state index contributed by atoms with van der Waals surface area (Å²) in [5.41, 5.74) is 3.32. The maximum atomic E-state index is 5.86. The highest BCUT2D eigenvalue weighted by Gasteiger charge is 2.05. The predicted octanol–water partition coefficient (Wildman–Crippen LogP) is 5.81. The van der Waals surface area contributed by atoms with Gasteiger partial charge in [-0.25, -0.2) is 4.99 Å². The van der Waals surface area contributed by atoms with Gasteiger partial charge in [0, 0.05) is 28.2 Å². The van der Waals surface area contributed by atoms with Gasteiger partial charge in [0.15, 0.2) is 0 Å². The molecule has 0 aliphatic carbocycles. The fourth-order valence-electron chi connectivity index (χ4n) is 3.08. The van der Waals surface area contributed by atoms with Crippen LogP contribution in [0.3, 0.4) is 0 Å². The second-order valence-electron chi connectivity index (χ2n) is 7.53. The number of rotatable bonds is 9. The van der Waals surface area contributed by atoms with Gasteiger partial charge in [0.2, 0.25) is 5.96 Å². The lowest BCUT2D eigenvalue weighted by Crippen LogP contribution is -2.35. The van der Waals surface area contributed by atoms with Gasteiger partial charge in [-0.15, -0.1) is 0 Å². The summed E-state index contributed by atoms with van der Waals surface area (Å²) in [7, 11) is 8.01. The van der Waals surface area contributed by atoms with Crippen LogP contribution in [0.15, 0.2) is 53.5 Å². The standard InChI is InChI=1S/C24H35N3O/c1-6-7-8-9-10-19-28-23-17-13-21(14-18-23)20-11-15-22(16-12-20)25-24(26(2)3)27(4)5/h11-18H,6-10,19H2,1-5H3. The van der Waals surface area contributed by atoms with Gasteiger partial charge in [0.1, 0.15) is 5.75 Å². The van der Waals surface area contributed by atoms with Crippen LogP contribution in [0, 0.1) is 0 Å². The van der Waals surface area contributed by atoms with E-state index in [1.807, 2.05) is 38.0 Å². The monoisotopic (exact) mass is 381 g/mol. The Balaban J connectivity index is 1.94. The van der Waals surface area contributed by atoms with Crippen molar-refractivity contribution in [3.63, 3.8) is 0 Å². The van der Waals surface area contributed by atoms with Crippen LogP contribution in [0.1, 0.15) is 39.0 Å². The van der Waals surface area contributed by atoms with E-state index in [-0.39, 0.29) is 0 Å². The van der Waals surface area contributed by atoms with Crippen LogP contribution in [-0.4, -0.2) is 50.6 Å². The Morgan fingerprint density at radius 3 is 1.82 bits per heavy atom. The summed E-state index contributed by atoms with van der Waals surface area (Å²) < 4.78 is 5.86. The molecule has 28 heavy (non-hydrogen) atoms. The molecule has 0 saturated heterocycles. The van der Waals surface area contributed by atoms with E-state index in [0.29, 0.717) is 0 Å². The minimum Gasteiger partial charge on any atom is -0.494 e.